The molecule has 1 fully saturated rings. The summed E-state index contributed by atoms with van der Waals surface area (Å²) in [6.45, 7) is -1.17. The molecule has 0 bridgehead atoms. The SMILES string of the molecule is NCCOP(=O)(O)OP(=O)(O)OC[C@H]1O[C@@H](n2ccc(N)nc2=O)C[C@@H]1O. The third-order valence-corrected chi connectivity index (χ3v) is 5.98. The second kappa shape index (κ2) is 8.88. The highest BCUT2D eigenvalue weighted by Crippen LogP contribution is 2.60. The normalized spacial score (nSPS) is 27.2. The van der Waals surface area contributed by atoms with Crippen LogP contribution in [0.15, 0.2) is 17.1 Å². The highest BCUT2D eigenvalue weighted by Gasteiger charge is 2.40. The summed E-state index contributed by atoms with van der Waals surface area (Å²) < 4.78 is 42.7. The van der Waals surface area contributed by atoms with Crippen LogP contribution in [-0.4, -0.2) is 56.4 Å². The van der Waals surface area contributed by atoms with Gasteiger partial charge in [-0.3, -0.25) is 13.6 Å². The number of phosphoric ester groups is 2. The molecule has 1 saturated heterocycles. The molecule has 2 rings (SSSR count). The van der Waals surface area contributed by atoms with E-state index >= 15 is 0 Å². The number of aliphatic hydroxyl groups is 1. The predicted molar refractivity (Wildman–Crippen MR) is 89.1 cm³/mol. The number of nitrogens with two attached hydrogens (primary N) is 2. The van der Waals surface area contributed by atoms with Crippen molar-refractivity contribution in [2.24, 2.45) is 5.73 Å². The number of aromatic nitrogens is 2. The Morgan fingerprint density at radius 3 is 2.63 bits per heavy atom. The number of phosphoric acid groups is 2. The summed E-state index contributed by atoms with van der Waals surface area (Å²) in [5.41, 5.74) is 9.76. The van der Waals surface area contributed by atoms with Crippen LogP contribution in [0, 0.1) is 0 Å². The van der Waals surface area contributed by atoms with Gasteiger partial charge < -0.3 is 31.1 Å². The van der Waals surface area contributed by atoms with Gasteiger partial charge in [0.05, 0.1) is 19.3 Å². The van der Waals surface area contributed by atoms with E-state index in [1.165, 1.54) is 12.3 Å². The maximum Gasteiger partial charge on any atom is 0.481 e. The number of nitrogen functional groups attached to an aromatic ring is 1. The van der Waals surface area contributed by atoms with Gasteiger partial charge >= 0.3 is 21.3 Å². The smallest absolute Gasteiger partial charge is 0.390 e. The first-order chi connectivity index (χ1) is 12.5. The van der Waals surface area contributed by atoms with Crippen molar-refractivity contribution in [1.82, 2.24) is 9.55 Å². The number of anilines is 1. The maximum atomic E-state index is 11.8. The molecule has 0 aliphatic carbocycles. The second-order valence-corrected chi connectivity index (χ2v) is 8.45. The Morgan fingerprint density at radius 1 is 1.33 bits per heavy atom. The van der Waals surface area contributed by atoms with E-state index in [1.54, 1.807) is 0 Å². The van der Waals surface area contributed by atoms with Gasteiger partial charge in [0.15, 0.2) is 0 Å². The predicted octanol–water partition coefficient (Wildman–Crippen LogP) is -1.32. The molecule has 27 heavy (non-hydrogen) atoms. The van der Waals surface area contributed by atoms with Crippen molar-refractivity contribution in [3.63, 3.8) is 0 Å². The molecule has 0 spiro atoms. The first-order valence-electron chi connectivity index (χ1n) is 7.57. The Bertz CT molecular complexity index is 804. The van der Waals surface area contributed by atoms with Gasteiger partial charge in [-0.05, 0) is 6.07 Å². The van der Waals surface area contributed by atoms with Crippen LogP contribution in [0.1, 0.15) is 12.6 Å². The highest BCUT2D eigenvalue weighted by atomic mass is 31.3. The van der Waals surface area contributed by atoms with Gasteiger partial charge in [-0.1, -0.05) is 0 Å². The molecule has 16 heteroatoms. The van der Waals surface area contributed by atoms with Gasteiger partial charge in [-0.25, -0.2) is 13.9 Å². The fourth-order valence-electron chi connectivity index (χ4n) is 2.19. The van der Waals surface area contributed by atoms with Crippen LogP contribution in [0.3, 0.4) is 0 Å². The average Bonchev–Trinajstić information content (AvgIpc) is 2.91. The zero-order valence-electron chi connectivity index (χ0n) is 13.9. The molecule has 154 valence electrons. The van der Waals surface area contributed by atoms with E-state index in [9.17, 15) is 28.8 Å². The number of hydrogen-bond acceptors (Lipinski definition) is 11. The topological polar surface area (TPSA) is 219 Å². The van der Waals surface area contributed by atoms with Crippen LogP contribution < -0.4 is 17.2 Å². The number of nitrogens with zero attached hydrogens (tertiary/aromatic N) is 2. The number of rotatable bonds is 9. The highest BCUT2D eigenvalue weighted by molar-refractivity contribution is 7.61. The van der Waals surface area contributed by atoms with Crippen molar-refractivity contribution in [3.8, 4) is 0 Å². The lowest BCUT2D eigenvalue weighted by Gasteiger charge is -2.19. The Labute approximate surface area is 152 Å². The summed E-state index contributed by atoms with van der Waals surface area (Å²) in [6, 6.07) is 1.36. The third-order valence-electron chi connectivity index (χ3n) is 3.35. The van der Waals surface area contributed by atoms with Crippen molar-refractivity contribution in [3.05, 3.63) is 22.7 Å². The van der Waals surface area contributed by atoms with Crippen LogP contribution >= 0.6 is 15.6 Å². The van der Waals surface area contributed by atoms with E-state index in [0.29, 0.717) is 0 Å². The van der Waals surface area contributed by atoms with Crippen LogP contribution in [0.4, 0.5) is 5.82 Å². The van der Waals surface area contributed by atoms with Crippen molar-refractivity contribution in [1.29, 1.82) is 0 Å². The van der Waals surface area contributed by atoms with Gasteiger partial charge in [-0.2, -0.15) is 9.29 Å². The molecule has 0 saturated carbocycles. The number of hydrogen-bond donors (Lipinski definition) is 5. The second-order valence-electron chi connectivity index (χ2n) is 5.41. The molecular weight excluding hydrogens is 410 g/mol. The number of ether oxygens (including phenoxy) is 1. The molecule has 0 aromatic carbocycles. The Balaban J connectivity index is 1.95. The van der Waals surface area contributed by atoms with Gasteiger partial charge in [0, 0.05) is 19.2 Å². The van der Waals surface area contributed by atoms with Crippen molar-refractivity contribution >= 4 is 21.5 Å². The lowest BCUT2D eigenvalue weighted by molar-refractivity contribution is -0.0450. The molecule has 0 radical (unpaired) electrons. The fraction of sp³-hybridized carbons (Fsp3) is 0.636. The summed E-state index contributed by atoms with van der Waals surface area (Å²) in [4.78, 5) is 34.1. The average molecular weight is 430 g/mol. The maximum absolute atomic E-state index is 11.8. The molecule has 1 aliphatic heterocycles. The zero-order valence-corrected chi connectivity index (χ0v) is 15.6. The summed E-state index contributed by atoms with van der Waals surface area (Å²) in [6.07, 6.45) is -1.90. The van der Waals surface area contributed by atoms with E-state index in [1.807, 2.05) is 0 Å². The molecular formula is C11H20N4O10P2. The molecule has 1 aromatic heterocycles. The van der Waals surface area contributed by atoms with Crippen LogP contribution in [-0.2, 0) is 27.2 Å². The first-order valence-corrected chi connectivity index (χ1v) is 10.6. The molecule has 5 atom stereocenters. The molecule has 1 aromatic rings. The van der Waals surface area contributed by atoms with Gasteiger partial charge in [0.1, 0.15) is 18.1 Å². The van der Waals surface area contributed by atoms with Gasteiger partial charge in [0.25, 0.3) is 0 Å². The summed E-state index contributed by atoms with van der Waals surface area (Å²) in [5, 5.41) is 9.99. The van der Waals surface area contributed by atoms with Gasteiger partial charge in [-0.15, -0.1) is 0 Å². The Kier molecular flexibility index (Phi) is 7.27. The number of aliphatic hydroxyl groups excluding tert-OH is 1. The van der Waals surface area contributed by atoms with E-state index in [4.69, 9.17) is 16.2 Å². The van der Waals surface area contributed by atoms with E-state index in [-0.39, 0.29) is 25.4 Å². The molecule has 2 unspecified atom stereocenters. The Hall–Kier alpha value is -1.18. The van der Waals surface area contributed by atoms with Crippen LogP contribution in [0.25, 0.3) is 0 Å². The minimum Gasteiger partial charge on any atom is -0.390 e. The first kappa shape index (κ1) is 22.1. The lowest BCUT2D eigenvalue weighted by Crippen LogP contribution is -2.28. The molecule has 0 amide bonds. The summed E-state index contributed by atoms with van der Waals surface area (Å²) in [7, 11) is -9.87. The fourth-order valence-corrected chi connectivity index (χ4v) is 4.29. The lowest BCUT2D eigenvalue weighted by atomic mass is 10.2. The monoisotopic (exact) mass is 430 g/mol. The summed E-state index contributed by atoms with van der Waals surface area (Å²) in [5.74, 6) is 0.0123. The molecule has 14 nitrogen and oxygen atoms in total. The van der Waals surface area contributed by atoms with Crippen molar-refractivity contribution in [2.45, 2.75) is 24.9 Å². The van der Waals surface area contributed by atoms with E-state index < -0.39 is 46.4 Å². The molecule has 7 N–H and O–H groups in total. The zero-order chi connectivity index (χ0) is 20.2. The third kappa shape index (κ3) is 6.43. The minimum atomic E-state index is -5.01. The van der Waals surface area contributed by atoms with Crippen LogP contribution in [0.5, 0.6) is 0 Å². The molecule has 2 heterocycles. The largest absolute Gasteiger partial charge is 0.481 e. The standard InChI is InChI=1S/C11H20N4O10P2/c12-2-4-22-26(18,19)25-27(20,21)23-6-8-7(16)5-10(24-8)15-3-1-9(13)14-11(15)17/h1,3,7-8,10,16H,2,4-6,12H2,(H,18,19)(H,20,21)(H2,13,14,17)/t7-,8+,10+/m0/s1. The van der Waals surface area contributed by atoms with Crippen molar-refractivity contribution in [2.75, 3.05) is 25.5 Å². The van der Waals surface area contributed by atoms with Gasteiger partial charge in [0.2, 0.25) is 0 Å². The minimum absolute atomic E-state index is 0.0123. The quantitative estimate of drug-likeness (QED) is 0.287. The summed E-state index contributed by atoms with van der Waals surface area (Å²) >= 11 is 0. The Morgan fingerprint density at radius 2 is 2.00 bits per heavy atom. The van der Waals surface area contributed by atoms with Crippen LogP contribution in [0.2, 0.25) is 0 Å². The van der Waals surface area contributed by atoms with E-state index in [0.717, 1.165) is 4.57 Å². The molecule has 1 aliphatic rings. The van der Waals surface area contributed by atoms with Crippen molar-refractivity contribution < 1.29 is 42.1 Å². The van der Waals surface area contributed by atoms with E-state index in [2.05, 4.69) is 18.3 Å².